The molecule has 31 heavy (non-hydrogen) atoms. The molecule has 1 aliphatic rings. The van der Waals surface area contributed by atoms with E-state index >= 15 is 0 Å². The highest BCUT2D eigenvalue weighted by atomic mass is 19.1. The average molecular weight is 418 g/mol. The lowest BCUT2D eigenvalue weighted by Crippen LogP contribution is -2.46. The number of halogens is 1. The predicted molar refractivity (Wildman–Crippen MR) is 109 cm³/mol. The molecule has 0 N–H and O–H groups in total. The number of amides is 1. The molecule has 0 saturated carbocycles. The van der Waals surface area contributed by atoms with Crippen molar-refractivity contribution in [3.8, 4) is 17.1 Å². The van der Waals surface area contributed by atoms with Gasteiger partial charge in [0.15, 0.2) is 5.82 Å². The van der Waals surface area contributed by atoms with Crippen LogP contribution in [0, 0.1) is 19.7 Å². The largest absolute Gasteiger partial charge is 0.334 e. The lowest BCUT2D eigenvalue weighted by molar-refractivity contribution is 0.0435. The maximum absolute atomic E-state index is 13.9. The Hall–Kier alpha value is -3.88. The van der Waals surface area contributed by atoms with Gasteiger partial charge in [0, 0.05) is 12.1 Å². The molecule has 3 heterocycles. The second-order valence-electron chi connectivity index (χ2n) is 7.51. The summed E-state index contributed by atoms with van der Waals surface area (Å²) in [6.45, 7) is 4.17. The zero-order valence-electron chi connectivity index (χ0n) is 17.0. The van der Waals surface area contributed by atoms with Crippen molar-refractivity contribution < 1.29 is 13.7 Å². The van der Waals surface area contributed by atoms with Crippen LogP contribution in [0.5, 0.6) is 0 Å². The molecule has 5 rings (SSSR count). The molecular formula is C22H19FN6O2. The number of rotatable bonds is 4. The Balaban J connectivity index is 1.44. The molecule has 1 saturated heterocycles. The number of likely N-dealkylation sites (tertiary alicyclic amines) is 1. The number of hydrogen-bond donors (Lipinski definition) is 0. The normalized spacial score (nSPS) is 15.7. The molecule has 8 nitrogen and oxygen atoms in total. The summed E-state index contributed by atoms with van der Waals surface area (Å²) in [5.41, 5.74) is 3.05. The molecule has 4 aromatic rings. The van der Waals surface area contributed by atoms with Crippen LogP contribution < -0.4 is 0 Å². The summed E-state index contributed by atoms with van der Waals surface area (Å²) in [5, 5.41) is 12.4. The highest BCUT2D eigenvalue weighted by Gasteiger charge is 2.38. The van der Waals surface area contributed by atoms with E-state index in [4.69, 9.17) is 4.52 Å². The first kappa shape index (κ1) is 19.1. The van der Waals surface area contributed by atoms with E-state index in [9.17, 15) is 9.18 Å². The molecule has 1 atom stereocenters. The minimum Gasteiger partial charge on any atom is -0.334 e. The zero-order chi connectivity index (χ0) is 21.5. The SMILES string of the molecule is Cc1ccc(-n2nccn2)c(C(=O)N2CCC2c2noc(-c3cccc(F)c3C)n2)c1. The minimum absolute atomic E-state index is 0.152. The molecular weight excluding hydrogens is 399 g/mol. The van der Waals surface area contributed by atoms with Crippen molar-refractivity contribution in [1.82, 2.24) is 30.0 Å². The number of carbonyl (C=O) groups excluding carboxylic acids is 1. The fourth-order valence-corrected chi connectivity index (χ4v) is 3.71. The Morgan fingerprint density at radius 3 is 2.71 bits per heavy atom. The Morgan fingerprint density at radius 2 is 1.97 bits per heavy atom. The molecule has 0 aliphatic carbocycles. The van der Waals surface area contributed by atoms with Crippen molar-refractivity contribution in [2.45, 2.75) is 26.3 Å². The molecule has 2 aromatic carbocycles. The number of nitrogens with zero attached hydrogens (tertiary/aromatic N) is 6. The van der Waals surface area contributed by atoms with Crippen LogP contribution in [0.4, 0.5) is 4.39 Å². The van der Waals surface area contributed by atoms with Gasteiger partial charge in [-0.05, 0) is 50.1 Å². The third kappa shape index (κ3) is 3.27. The standard InChI is InChI=1S/C22H19FN6O2/c1-13-6-7-18(29-24-9-10-25-29)16(12-13)22(30)28-11-8-19(28)20-26-21(31-27-20)15-4-3-5-17(23)14(15)2/h3-7,9-10,12,19H,8,11H2,1-2H3. The van der Waals surface area contributed by atoms with Gasteiger partial charge in [-0.3, -0.25) is 4.79 Å². The van der Waals surface area contributed by atoms with Crippen molar-refractivity contribution in [1.29, 1.82) is 0 Å². The number of carbonyl (C=O) groups is 1. The van der Waals surface area contributed by atoms with Crippen molar-refractivity contribution in [3.63, 3.8) is 0 Å². The van der Waals surface area contributed by atoms with E-state index in [-0.39, 0.29) is 23.7 Å². The molecule has 0 spiro atoms. The lowest BCUT2D eigenvalue weighted by atomic mass is 9.99. The van der Waals surface area contributed by atoms with Gasteiger partial charge in [-0.1, -0.05) is 22.9 Å². The summed E-state index contributed by atoms with van der Waals surface area (Å²) in [4.78, 5) is 21.0. The third-order valence-electron chi connectivity index (χ3n) is 5.54. The van der Waals surface area contributed by atoms with Gasteiger partial charge in [0.1, 0.15) is 5.82 Å². The van der Waals surface area contributed by atoms with E-state index in [2.05, 4.69) is 20.3 Å². The maximum atomic E-state index is 13.9. The zero-order valence-corrected chi connectivity index (χ0v) is 17.0. The van der Waals surface area contributed by atoms with Crippen LogP contribution in [0.2, 0.25) is 0 Å². The van der Waals surface area contributed by atoms with E-state index < -0.39 is 0 Å². The van der Waals surface area contributed by atoms with Gasteiger partial charge in [0.2, 0.25) is 0 Å². The van der Waals surface area contributed by atoms with Crippen molar-refractivity contribution in [2.75, 3.05) is 6.54 Å². The van der Waals surface area contributed by atoms with Gasteiger partial charge in [-0.15, -0.1) is 0 Å². The number of aromatic nitrogens is 5. The van der Waals surface area contributed by atoms with E-state index in [0.717, 1.165) is 5.56 Å². The molecule has 1 unspecified atom stereocenters. The topological polar surface area (TPSA) is 89.9 Å². The third-order valence-corrected chi connectivity index (χ3v) is 5.54. The van der Waals surface area contributed by atoms with Crippen LogP contribution in [-0.2, 0) is 0 Å². The fourth-order valence-electron chi connectivity index (χ4n) is 3.71. The second kappa shape index (κ2) is 7.42. The van der Waals surface area contributed by atoms with E-state index in [0.29, 0.717) is 41.2 Å². The predicted octanol–water partition coefficient (Wildman–Crippen LogP) is 3.66. The summed E-state index contributed by atoms with van der Waals surface area (Å²) >= 11 is 0. The summed E-state index contributed by atoms with van der Waals surface area (Å²) in [5.74, 6) is 0.158. The first-order valence-corrected chi connectivity index (χ1v) is 9.90. The van der Waals surface area contributed by atoms with Gasteiger partial charge in [0.25, 0.3) is 11.8 Å². The molecule has 1 aliphatic heterocycles. The number of hydrogen-bond acceptors (Lipinski definition) is 6. The summed E-state index contributed by atoms with van der Waals surface area (Å²) in [6.07, 6.45) is 3.85. The highest BCUT2D eigenvalue weighted by molar-refractivity contribution is 5.98. The molecule has 1 amide bonds. The van der Waals surface area contributed by atoms with Gasteiger partial charge in [-0.25, -0.2) is 4.39 Å². The van der Waals surface area contributed by atoms with Gasteiger partial charge < -0.3 is 9.42 Å². The van der Waals surface area contributed by atoms with Crippen LogP contribution in [0.1, 0.15) is 39.8 Å². The van der Waals surface area contributed by atoms with Gasteiger partial charge >= 0.3 is 0 Å². The van der Waals surface area contributed by atoms with Crippen LogP contribution in [0.3, 0.4) is 0 Å². The summed E-state index contributed by atoms with van der Waals surface area (Å²) < 4.78 is 19.3. The Kier molecular flexibility index (Phi) is 4.58. The van der Waals surface area contributed by atoms with Crippen LogP contribution >= 0.6 is 0 Å². The van der Waals surface area contributed by atoms with Crippen LogP contribution in [0.25, 0.3) is 17.1 Å². The van der Waals surface area contributed by atoms with Crippen molar-refractivity contribution in [3.05, 3.63) is 77.1 Å². The second-order valence-corrected chi connectivity index (χ2v) is 7.51. The lowest BCUT2D eigenvalue weighted by Gasteiger charge is -2.39. The molecule has 0 radical (unpaired) electrons. The molecule has 156 valence electrons. The van der Waals surface area contributed by atoms with Crippen molar-refractivity contribution >= 4 is 5.91 Å². The first-order valence-electron chi connectivity index (χ1n) is 9.90. The number of aryl methyl sites for hydroxylation is 1. The van der Waals surface area contributed by atoms with Crippen LogP contribution in [0.15, 0.2) is 53.3 Å². The smallest absolute Gasteiger partial charge is 0.258 e. The number of benzene rings is 2. The highest BCUT2D eigenvalue weighted by Crippen LogP contribution is 2.35. The molecule has 0 bridgehead atoms. The fraction of sp³-hybridized carbons (Fsp3) is 0.227. The quantitative estimate of drug-likeness (QED) is 0.502. The van der Waals surface area contributed by atoms with E-state index in [1.807, 2.05) is 25.1 Å². The summed E-state index contributed by atoms with van der Waals surface area (Å²) in [7, 11) is 0. The molecule has 2 aromatic heterocycles. The molecule has 9 heteroatoms. The van der Waals surface area contributed by atoms with Gasteiger partial charge in [0.05, 0.1) is 29.7 Å². The minimum atomic E-state index is -0.336. The van der Waals surface area contributed by atoms with E-state index in [1.54, 1.807) is 36.4 Å². The Bertz CT molecular complexity index is 1270. The molecule has 1 fully saturated rings. The first-order chi connectivity index (χ1) is 15.0. The van der Waals surface area contributed by atoms with Crippen molar-refractivity contribution in [2.24, 2.45) is 0 Å². The maximum Gasteiger partial charge on any atom is 0.258 e. The van der Waals surface area contributed by atoms with Gasteiger partial charge in [-0.2, -0.15) is 20.0 Å². The van der Waals surface area contributed by atoms with Crippen LogP contribution in [-0.4, -0.2) is 42.5 Å². The average Bonchev–Trinajstić information content (AvgIpc) is 3.42. The Labute approximate surface area is 177 Å². The Morgan fingerprint density at radius 1 is 1.16 bits per heavy atom. The summed E-state index contributed by atoms with van der Waals surface area (Å²) in [6, 6.07) is 9.98. The van der Waals surface area contributed by atoms with E-state index in [1.165, 1.54) is 10.9 Å². The monoisotopic (exact) mass is 418 g/mol.